The lowest BCUT2D eigenvalue weighted by atomic mass is 10.1. The highest BCUT2D eigenvalue weighted by Gasteiger charge is 2.14. The summed E-state index contributed by atoms with van der Waals surface area (Å²) in [5, 5.41) is 7.16. The smallest absolute Gasteiger partial charge is 0.191 e. The van der Waals surface area contributed by atoms with Gasteiger partial charge in [0.25, 0.3) is 0 Å². The molecule has 0 aliphatic carbocycles. The van der Waals surface area contributed by atoms with E-state index in [9.17, 15) is 0 Å². The number of nitrogens with two attached hydrogens (primary N) is 1. The van der Waals surface area contributed by atoms with Crippen molar-refractivity contribution in [3.05, 3.63) is 0 Å². The molecule has 0 aromatic heterocycles. The number of nitrogens with one attached hydrogen (secondary N) is 1. The van der Waals surface area contributed by atoms with Gasteiger partial charge in [0.2, 0.25) is 0 Å². The van der Waals surface area contributed by atoms with Gasteiger partial charge in [0, 0.05) is 0 Å². The van der Waals surface area contributed by atoms with Crippen LogP contribution >= 0.6 is 0 Å². The molecule has 0 spiro atoms. The summed E-state index contributed by atoms with van der Waals surface area (Å²) in [6.07, 6.45) is 12.7. The molecule has 1 aliphatic rings. The Labute approximate surface area is 116 Å². The molecule has 1 heterocycles. The molecule has 0 aromatic carbocycles. The van der Waals surface area contributed by atoms with Crippen LogP contribution in [0.1, 0.15) is 58.3 Å². The minimum Gasteiger partial charge on any atom is -1.00 e. The average Bonchev–Trinajstić information content (AvgIpc) is 2.68. The van der Waals surface area contributed by atoms with Crippen molar-refractivity contribution >= 4 is 6.34 Å². The molecular weight excluding hydrogens is 280 g/mol. The van der Waals surface area contributed by atoms with Crippen molar-refractivity contribution in [2.45, 2.75) is 58.3 Å². The number of unbranched alkanes of at least 4 members (excludes halogenated alkanes) is 7. The molecule has 1 atom stereocenters. The van der Waals surface area contributed by atoms with Crippen molar-refractivity contribution in [1.82, 2.24) is 5.01 Å². The van der Waals surface area contributed by atoms with Gasteiger partial charge in [-0.15, -0.1) is 0 Å². The maximum absolute atomic E-state index is 5.59. The molecule has 1 aliphatic heterocycles. The third-order valence-electron chi connectivity index (χ3n) is 3.07. The Morgan fingerprint density at radius 2 is 1.71 bits per heavy atom. The molecule has 0 saturated heterocycles. The molecule has 3 N–H and O–H groups in total. The van der Waals surface area contributed by atoms with Gasteiger partial charge in [0.1, 0.15) is 6.54 Å². The first-order valence-corrected chi connectivity index (χ1v) is 6.73. The van der Waals surface area contributed by atoms with Gasteiger partial charge in [-0.2, -0.15) is 5.01 Å². The predicted molar refractivity (Wildman–Crippen MR) is 67.8 cm³/mol. The van der Waals surface area contributed by atoms with Gasteiger partial charge in [-0.3, -0.25) is 0 Å². The maximum atomic E-state index is 5.59. The molecule has 102 valence electrons. The summed E-state index contributed by atoms with van der Waals surface area (Å²) in [6, 6.07) is 0. The monoisotopic (exact) mass is 306 g/mol. The van der Waals surface area contributed by atoms with Crippen molar-refractivity contribution in [1.29, 1.82) is 0 Å². The van der Waals surface area contributed by atoms with Crippen LogP contribution < -0.4 is 27.8 Å². The summed E-state index contributed by atoms with van der Waals surface area (Å²) in [5.41, 5.74) is 0. The van der Waals surface area contributed by atoms with E-state index in [1.54, 1.807) is 11.3 Å². The maximum Gasteiger partial charge on any atom is 0.191 e. The zero-order chi connectivity index (χ0) is 11.6. The lowest BCUT2D eigenvalue weighted by molar-refractivity contribution is -0.908. The molecule has 1 unspecified atom stereocenters. The first-order valence-electron chi connectivity index (χ1n) is 6.73. The molecule has 0 aromatic rings. The van der Waals surface area contributed by atoms with Crippen LogP contribution in [-0.4, -0.2) is 24.6 Å². The van der Waals surface area contributed by atoms with Gasteiger partial charge in [-0.05, 0) is 12.8 Å². The van der Waals surface area contributed by atoms with E-state index in [1.807, 2.05) is 0 Å². The molecule has 0 saturated carbocycles. The molecule has 0 fully saturated rings. The third kappa shape index (κ3) is 8.57. The average molecular weight is 307 g/mol. The van der Waals surface area contributed by atoms with Crippen molar-refractivity contribution in [2.75, 3.05) is 13.2 Å². The number of hydrazine groups is 1. The Morgan fingerprint density at radius 1 is 1.12 bits per heavy atom. The third-order valence-corrected chi connectivity index (χ3v) is 3.07. The van der Waals surface area contributed by atoms with Crippen LogP contribution in [0, 0.1) is 0 Å². The molecular formula is C12H27BrN4. The summed E-state index contributed by atoms with van der Waals surface area (Å²) in [5.74, 6) is 5.59. The van der Waals surface area contributed by atoms with E-state index >= 15 is 0 Å². The van der Waals surface area contributed by atoms with Crippen LogP contribution in [0.5, 0.6) is 0 Å². The van der Waals surface area contributed by atoms with Crippen LogP contribution in [0.25, 0.3) is 0 Å². The number of quaternary nitrogens is 1. The Hall–Kier alpha value is -0.130. The van der Waals surface area contributed by atoms with Crippen LogP contribution in [-0.2, 0) is 0 Å². The standard InChI is InChI=1S/C12H26N4.BrH/c1-2-3-4-5-6-7-8-9-10-16-12-15(13)11-14-16;/h11H,2-10,12-13H2,1H3;1H. The van der Waals surface area contributed by atoms with E-state index < -0.39 is 0 Å². The van der Waals surface area contributed by atoms with Gasteiger partial charge in [-0.1, -0.05) is 50.6 Å². The summed E-state index contributed by atoms with van der Waals surface area (Å²) in [6.45, 7) is 4.22. The highest BCUT2D eigenvalue weighted by Crippen LogP contribution is 2.07. The molecule has 17 heavy (non-hydrogen) atoms. The number of halogens is 1. The Kier molecular flexibility index (Phi) is 10.9. The van der Waals surface area contributed by atoms with E-state index in [0.29, 0.717) is 0 Å². The van der Waals surface area contributed by atoms with Crippen LogP contribution in [0.15, 0.2) is 5.10 Å². The molecule has 0 radical (unpaired) electrons. The lowest BCUT2D eigenvalue weighted by Crippen LogP contribution is -3.07. The summed E-state index contributed by atoms with van der Waals surface area (Å²) in [7, 11) is 0. The lowest BCUT2D eigenvalue weighted by Gasteiger charge is -2.09. The molecule has 0 bridgehead atoms. The fourth-order valence-electron chi connectivity index (χ4n) is 2.05. The number of rotatable bonds is 9. The Morgan fingerprint density at radius 3 is 2.24 bits per heavy atom. The van der Waals surface area contributed by atoms with Gasteiger partial charge < -0.3 is 17.0 Å². The van der Waals surface area contributed by atoms with E-state index in [-0.39, 0.29) is 17.0 Å². The highest BCUT2D eigenvalue weighted by molar-refractivity contribution is 5.53. The zero-order valence-electron chi connectivity index (χ0n) is 11.0. The van der Waals surface area contributed by atoms with E-state index in [4.69, 9.17) is 5.84 Å². The first-order chi connectivity index (χ1) is 7.83. The SMILES string of the molecule is CCCCCCCCCC[NH+]1CN(N)C=N1.[Br-]. The zero-order valence-corrected chi connectivity index (χ0v) is 12.6. The number of hydrogen-bond acceptors (Lipinski definition) is 3. The van der Waals surface area contributed by atoms with Gasteiger partial charge >= 0.3 is 0 Å². The van der Waals surface area contributed by atoms with Crippen LogP contribution in [0.2, 0.25) is 0 Å². The fourth-order valence-corrected chi connectivity index (χ4v) is 2.05. The summed E-state index contributed by atoms with van der Waals surface area (Å²) in [4.78, 5) is 0. The van der Waals surface area contributed by atoms with Gasteiger partial charge in [-0.25, -0.2) is 10.9 Å². The molecule has 0 amide bonds. The van der Waals surface area contributed by atoms with Crippen molar-refractivity contribution < 1.29 is 22.0 Å². The largest absolute Gasteiger partial charge is 1.00 e. The minimum atomic E-state index is 0. The minimum absolute atomic E-state index is 0. The Bertz CT molecular complexity index is 199. The normalized spacial score (nSPS) is 18.5. The Balaban J connectivity index is 0.00000256. The fraction of sp³-hybridized carbons (Fsp3) is 0.917. The van der Waals surface area contributed by atoms with E-state index in [2.05, 4.69) is 12.0 Å². The van der Waals surface area contributed by atoms with Crippen molar-refractivity contribution in [3.8, 4) is 0 Å². The number of nitrogens with zero attached hydrogens (tertiary/aromatic N) is 2. The summed E-state index contributed by atoms with van der Waals surface area (Å²) >= 11 is 0. The predicted octanol–water partition coefficient (Wildman–Crippen LogP) is -1.89. The van der Waals surface area contributed by atoms with Gasteiger partial charge in [0.15, 0.2) is 13.0 Å². The topological polar surface area (TPSA) is 46.1 Å². The van der Waals surface area contributed by atoms with E-state index in [1.165, 1.54) is 56.4 Å². The van der Waals surface area contributed by atoms with Crippen molar-refractivity contribution in [2.24, 2.45) is 10.9 Å². The quantitative estimate of drug-likeness (QED) is 0.386. The second-order valence-corrected chi connectivity index (χ2v) is 4.71. The van der Waals surface area contributed by atoms with E-state index in [0.717, 1.165) is 13.2 Å². The second-order valence-electron chi connectivity index (χ2n) is 4.71. The molecule has 1 rings (SSSR count). The first kappa shape index (κ1) is 16.9. The van der Waals surface area contributed by atoms with Crippen LogP contribution in [0.4, 0.5) is 0 Å². The second kappa shape index (κ2) is 11.0. The molecule has 5 heteroatoms. The summed E-state index contributed by atoms with van der Waals surface area (Å²) < 4.78 is 0. The van der Waals surface area contributed by atoms with Crippen LogP contribution in [0.3, 0.4) is 0 Å². The number of hydrogen-bond donors (Lipinski definition) is 2. The molecule has 4 nitrogen and oxygen atoms in total. The van der Waals surface area contributed by atoms with Gasteiger partial charge in [0.05, 0.1) is 0 Å². The highest BCUT2D eigenvalue weighted by atomic mass is 79.9. The van der Waals surface area contributed by atoms with Crippen molar-refractivity contribution in [3.63, 3.8) is 0 Å².